The number of rotatable bonds is 6. The molecule has 0 bridgehead atoms. The van der Waals surface area contributed by atoms with Gasteiger partial charge in [-0.25, -0.2) is 14.2 Å². The Hall–Kier alpha value is -4.19. The molecular formula is C26H27FN6O5. The van der Waals surface area contributed by atoms with Crippen molar-refractivity contribution in [2.24, 2.45) is 0 Å². The number of ether oxygens (including phenoxy) is 1. The summed E-state index contributed by atoms with van der Waals surface area (Å²) < 4.78 is 25.9. The van der Waals surface area contributed by atoms with Crippen LogP contribution >= 0.6 is 0 Å². The van der Waals surface area contributed by atoms with Crippen LogP contribution in [0.15, 0.2) is 34.7 Å². The first kappa shape index (κ1) is 24.2. The number of carbonyl (C=O) groups is 3. The number of fused-ring (bicyclic) bond motifs is 2. The van der Waals surface area contributed by atoms with Crippen molar-refractivity contribution in [1.82, 2.24) is 25.4 Å². The minimum atomic E-state index is -1.71. The van der Waals surface area contributed by atoms with Crippen LogP contribution in [0.3, 0.4) is 0 Å². The Balaban J connectivity index is 1.32. The van der Waals surface area contributed by atoms with E-state index >= 15 is 0 Å². The Morgan fingerprint density at radius 1 is 1.13 bits per heavy atom. The molecule has 1 aromatic carbocycles. The first-order valence-electron chi connectivity index (χ1n) is 12.5. The molecule has 5 heterocycles. The zero-order chi connectivity index (χ0) is 26.6. The summed E-state index contributed by atoms with van der Waals surface area (Å²) in [6.45, 7) is 6.53. The van der Waals surface area contributed by atoms with Crippen LogP contribution in [0.25, 0.3) is 11.1 Å². The molecule has 2 fully saturated rings. The molecular weight excluding hydrogens is 495 g/mol. The van der Waals surface area contributed by atoms with Crippen LogP contribution in [0.1, 0.15) is 28.6 Å². The number of pyridine rings is 1. The van der Waals surface area contributed by atoms with Gasteiger partial charge in [0.1, 0.15) is 17.1 Å². The van der Waals surface area contributed by atoms with E-state index in [9.17, 15) is 18.8 Å². The lowest BCUT2D eigenvalue weighted by Crippen LogP contribution is -2.52. The van der Waals surface area contributed by atoms with E-state index in [-0.39, 0.29) is 30.2 Å². The summed E-state index contributed by atoms with van der Waals surface area (Å²) in [5.41, 5.74) is -0.384. The number of furan rings is 1. The summed E-state index contributed by atoms with van der Waals surface area (Å²) in [6.07, 6.45) is 0. The fraction of sp³-hybridized carbons (Fsp3) is 0.385. The van der Waals surface area contributed by atoms with Crippen LogP contribution < -0.4 is 20.3 Å². The average molecular weight is 523 g/mol. The van der Waals surface area contributed by atoms with Gasteiger partial charge < -0.3 is 29.2 Å². The number of imide groups is 1. The van der Waals surface area contributed by atoms with Crippen LogP contribution in [0.2, 0.25) is 0 Å². The second-order valence-electron chi connectivity index (χ2n) is 9.68. The number of hydrogen-bond donors (Lipinski definition) is 2. The third-order valence-corrected chi connectivity index (χ3v) is 7.57. The summed E-state index contributed by atoms with van der Waals surface area (Å²) in [7, 11) is 1.32. The van der Waals surface area contributed by atoms with Crippen LogP contribution in [0.5, 0.6) is 5.75 Å². The smallest absolute Gasteiger partial charge is 0.322 e. The normalized spacial score (nSPS) is 21.7. The molecule has 4 amide bonds. The van der Waals surface area contributed by atoms with Crippen molar-refractivity contribution in [3.05, 3.63) is 53.0 Å². The molecule has 198 valence electrons. The highest BCUT2D eigenvalue weighted by atomic mass is 19.1. The number of piperazine rings is 1. The number of hydrogen-bond acceptors (Lipinski definition) is 8. The maximum atomic E-state index is 14.9. The van der Waals surface area contributed by atoms with E-state index in [4.69, 9.17) is 14.1 Å². The Morgan fingerprint density at radius 2 is 1.92 bits per heavy atom. The van der Waals surface area contributed by atoms with Crippen LogP contribution in [-0.4, -0.2) is 79.0 Å². The molecule has 2 N–H and O–H groups in total. The van der Waals surface area contributed by atoms with Gasteiger partial charge in [-0.1, -0.05) is 13.0 Å². The van der Waals surface area contributed by atoms with Crippen molar-refractivity contribution >= 4 is 34.8 Å². The van der Waals surface area contributed by atoms with Crippen LogP contribution in [0, 0.1) is 5.82 Å². The molecule has 11 nitrogen and oxygen atoms in total. The van der Waals surface area contributed by atoms with E-state index in [0.29, 0.717) is 16.7 Å². The van der Waals surface area contributed by atoms with E-state index in [0.717, 1.165) is 38.5 Å². The number of benzene rings is 1. The molecule has 12 heteroatoms. The van der Waals surface area contributed by atoms with E-state index in [2.05, 4.69) is 27.4 Å². The molecule has 1 unspecified atom stereocenters. The summed E-state index contributed by atoms with van der Waals surface area (Å²) >= 11 is 0. The maximum absolute atomic E-state index is 14.9. The summed E-state index contributed by atoms with van der Waals surface area (Å²) in [6, 6.07) is 7.62. The molecule has 3 aliphatic heterocycles. The molecule has 0 spiro atoms. The molecule has 38 heavy (non-hydrogen) atoms. The highest BCUT2D eigenvalue weighted by molar-refractivity contribution is 6.08. The number of amides is 4. The summed E-state index contributed by atoms with van der Waals surface area (Å²) in [4.78, 5) is 49.3. The third-order valence-electron chi connectivity index (χ3n) is 7.57. The number of halogens is 1. The lowest BCUT2D eigenvalue weighted by molar-refractivity contribution is -0.125. The molecule has 3 aromatic rings. The second kappa shape index (κ2) is 8.98. The molecule has 0 saturated carbocycles. The molecule has 2 saturated heterocycles. The van der Waals surface area contributed by atoms with Crippen molar-refractivity contribution in [1.29, 1.82) is 0 Å². The summed E-state index contributed by atoms with van der Waals surface area (Å²) in [5, 5.41) is 4.89. The fourth-order valence-corrected chi connectivity index (χ4v) is 5.41. The molecule has 0 radical (unpaired) electrons. The molecule has 6 rings (SSSR count). The van der Waals surface area contributed by atoms with Gasteiger partial charge in [0.2, 0.25) is 0 Å². The van der Waals surface area contributed by atoms with E-state index in [1.165, 1.54) is 18.1 Å². The number of anilines is 1. The number of methoxy groups -OCH3 is 1. The number of nitrogens with one attached hydrogen (secondary N) is 2. The molecule has 3 aliphatic rings. The summed E-state index contributed by atoms with van der Waals surface area (Å²) in [5.74, 6) is -1.14. The standard InChI is InChI=1S/C26H27FN6O5/c1-3-31-8-10-32(11-9-31)20-7-6-17-16(28-20)12-19(38-17)26(24(35)29-25(36)30-26)14-33-13-15-4-5-18(37-2)22(27)21(15)23(33)34/h4-7,12H,3,8-11,13-14H2,1-2H3,(H2,29,30,35,36). The quantitative estimate of drug-likeness (QED) is 0.471. The number of urea groups is 1. The lowest BCUT2D eigenvalue weighted by atomic mass is 9.95. The molecule has 1 atom stereocenters. The minimum Gasteiger partial charge on any atom is -0.494 e. The zero-order valence-electron chi connectivity index (χ0n) is 21.0. The Bertz CT molecular complexity index is 1470. The van der Waals surface area contributed by atoms with Gasteiger partial charge in [0, 0.05) is 38.8 Å². The van der Waals surface area contributed by atoms with Crippen LogP contribution in [0.4, 0.5) is 15.0 Å². The predicted molar refractivity (Wildman–Crippen MR) is 134 cm³/mol. The molecule has 2 aromatic heterocycles. The number of likely N-dealkylation sites (N-methyl/N-ethyl adjacent to an activating group) is 1. The topological polar surface area (TPSA) is 120 Å². The number of aromatic nitrogens is 1. The predicted octanol–water partition coefficient (Wildman–Crippen LogP) is 1.81. The van der Waals surface area contributed by atoms with Crippen molar-refractivity contribution < 1.29 is 27.9 Å². The largest absolute Gasteiger partial charge is 0.494 e. The second-order valence-corrected chi connectivity index (χ2v) is 9.68. The van der Waals surface area contributed by atoms with Gasteiger partial charge in [0.15, 0.2) is 22.7 Å². The zero-order valence-corrected chi connectivity index (χ0v) is 21.0. The van der Waals surface area contributed by atoms with Crippen molar-refractivity contribution in [3.63, 3.8) is 0 Å². The van der Waals surface area contributed by atoms with E-state index in [1.54, 1.807) is 18.2 Å². The van der Waals surface area contributed by atoms with Gasteiger partial charge >= 0.3 is 6.03 Å². The monoisotopic (exact) mass is 522 g/mol. The highest BCUT2D eigenvalue weighted by Gasteiger charge is 2.53. The number of nitrogens with zero attached hydrogens (tertiary/aromatic N) is 4. The third kappa shape index (κ3) is 3.74. The van der Waals surface area contributed by atoms with Gasteiger partial charge in [0.25, 0.3) is 11.8 Å². The average Bonchev–Trinajstić information content (AvgIpc) is 3.57. The first-order valence-corrected chi connectivity index (χ1v) is 12.5. The van der Waals surface area contributed by atoms with E-state index < -0.39 is 29.2 Å². The molecule has 0 aliphatic carbocycles. The van der Waals surface area contributed by atoms with Crippen molar-refractivity contribution in [2.75, 3.05) is 51.3 Å². The van der Waals surface area contributed by atoms with Crippen molar-refractivity contribution in [2.45, 2.75) is 19.0 Å². The van der Waals surface area contributed by atoms with E-state index in [1.807, 2.05) is 6.07 Å². The Kier molecular flexibility index (Phi) is 5.71. The van der Waals surface area contributed by atoms with Crippen LogP contribution in [-0.2, 0) is 16.9 Å². The lowest BCUT2D eigenvalue weighted by Gasteiger charge is -2.34. The number of carbonyl (C=O) groups excluding carboxylic acids is 3. The van der Waals surface area contributed by atoms with Gasteiger partial charge in [-0.2, -0.15) is 0 Å². The first-order chi connectivity index (χ1) is 18.3. The minimum absolute atomic E-state index is 0.0455. The fourth-order valence-electron chi connectivity index (χ4n) is 5.41. The van der Waals surface area contributed by atoms with Crippen molar-refractivity contribution in [3.8, 4) is 5.75 Å². The Labute approximate surface area is 217 Å². The van der Waals surface area contributed by atoms with Gasteiger partial charge in [-0.05, 0) is 30.3 Å². The van der Waals surface area contributed by atoms with Gasteiger partial charge in [-0.15, -0.1) is 0 Å². The maximum Gasteiger partial charge on any atom is 0.322 e. The Morgan fingerprint density at radius 3 is 2.61 bits per heavy atom. The highest BCUT2D eigenvalue weighted by Crippen LogP contribution is 2.36. The van der Waals surface area contributed by atoms with Gasteiger partial charge in [-0.3, -0.25) is 14.9 Å². The van der Waals surface area contributed by atoms with Gasteiger partial charge in [0.05, 0.1) is 19.2 Å². The SMILES string of the molecule is CCN1CCN(c2ccc3oc(C4(CN5Cc6ccc(OC)c(F)c6C5=O)NC(=O)NC4=O)cc3n2)CC1.